The molecule has 1 N–H and O–H groups in total. The summed E-state index contributed by atoms with van der Waals surface area (Å²) in [5, 5.41) is 9.99. The Morgan fingerprint density at radius 3 is 2.81 bits per heavy atom. The maximum absolute atomic E-state index is 14.4. The predicted molar refractivity (Wildman–Crippen MR) is 115 cm³/mol. The lowest BCUT2D eigenvalue weighted by Gasteiger charge is -2.29. The number of pyridine rings is 1. The van der Waals surface area contributed by atoms with E-state index < -0.39 is 23.5 Å². The van der Waals surface area contributed by atoms with Gasteiger partial charge in [0.15, 0.2) is 0 Å². The van der Waals surface area contributed by atoms with E-state index in [1.54, 1.807) is 18.0 Å². The van der Waals surface area contributed by atoms with Crippen molar-refractivity contribution in [2.24, 2.45) is 5.92 Å². The van der Waals surface area contributed by atoms with Gasteiger partial charge in [0.05, 0.1) is 19.0 Å². The van der Waals surface area contributed by atoms with Gasteiger partial charge in [0.2, 0.25) is 5.91 Å². The molecule has 3 aromatic rings. The van der Waals surface area contributed by atoms with E-state index in [1.165, 1.54) is 12.1 Å². The molecule has 0 saturated carbocycles. The smallest absolute Gasteiger partial charge is 0.306 e. The molecular weight excluding hydrogens is 416 g/mol. The molecule has 1 aliphatic heterocycles. The number of hydrogen-bond acceptors (Lipinski definition) is 3. The first kappa shape index (κ1) is 21.9. The maximum Gasteiger partial charge on any atom is 0.306 e. The van der Waals surface area contributed by atoms with E-state index >= 15 is 0 Å². The number of carbonyl (C=O) groups excluding carboxylic acids is 1. The molecule has 4 rings (SSSR count). The monoisotopic (exact) mass is 441 g/mol. The third kappa shape index (κ3) is 4.35. The van der Waals surface area contributed by atoms with Gasteiger partial charge in [0, 0.05) is 41.9 Å². The van der Waals surface area contributed by atoms with Crippen molar-refractivity contribution in [1.82, 2.24) is 14.5 Å². The summed E-state index contributed by atoms with van der Waals surface area (Å²) in [6.45, 7) is 2.77. The first-order valence-corrected chi connectivity index (χ1v) is 10.7. The molecule has 3 heterocycles. The summed E-state index contributed by atoms with van der Waals surface area (Å²) in [7, 11) is 0. The number of fused-ring (bicyclic) bond motifs is 3. The zero-order chi connectivity index (χ0) is 22.8. The number of hydrogen-bond donors (Lipinski definition) is 1. The minimum atomic E-state index is -0.856. The van der Waals surface area contributed by atoms with Gasteiger partial charge in [-0.1, -0.05) is 13.0 Å². The summed E-state index contributed by atoms with van der Waals surface area (Å²) in [4.78, 5) is 30.0. The van der Waals surface area contributed by atoms with Gasteiger partial charge in [0.1, 0.15) is 17.3 Å². The van der Waals surface area contributed by atoms with Crippen LogP contribution in [0.3, 0.4) is 0 Å². The molecule has 0 radical (unpaired) electrons. The van der Waals surface area contributed by atoms with Crippen molar-refractivity contribution in [1.29, 1.82) is 0 Å². The number of aromatic nitrogens is 2. The Balaban J connectivity index is 1.58. The van der Waals surface area contributed by atoms with Crippen molar-refractivity contribution in [2.45, 2.75) is 45.7 Å². The van der Waals surface area contributed by atoms with Crippen LogP contribution in [-0.4, -0.2) is 38.0 Å². The van der Waals surface area contributed by atoms with Crippen molar-refractivity contribution in [3.05, 3.63) is 65.0 Å². The van der Waals surface area contributed by atoms with Crippen LogP contribution in [0.4, 0.5) is 8.78 Å². The number of halogens is 2. The molecule has 1 atom stereocenters. The molecule has 168 valence electrons. The topological polar surface area (TPSA) is 75.4 Å². The highest BCUT2D eigenvalue weighted by Crippen LogP contribution is 2.31. The average Bonchev–Trinajstić information content (AvgIpc) is 3.08. The van der Waals surface area contributed by atoms with Gasteiger partial charge < -0.3 is 14.6 Å². The normalized spacial score (nSPS) is 14.4. The maximum atomic E-state index is 14.4. The van der Waals surface area contributed by atoms with E-state index in [0.717, 1.165) is 22.7 Å². The lowest BCUT2D eigenvalue weighted by Crippen LogP contribution is -2.36. The molecular formula is C24H25F2N3O3. The first-order valence-electron chi connectivity index (χ1n) is 10.7. The molecule has 0 aliphatic carbocycles. The summed E-state index contributed by atoms with van der Waals surface area (Å²) in [5.41, 5.74) is 3.06. The van der Waals surface area contributed by atoms with Gasteiger partial charge in [-0.2, -0.15) is 0 Å². The van der Waals surface area contributed by atoms with Gasteiger partial charge in [-0.25, -0.2) is 13.8 Å². The molecule has 0 saturated heterocycles. The Hall–Kier alpha value is -3.29. The van der Waals surface area contributed by atoms with Crippen LogP contribution in [0.5, 0.6) is 0 Å². The minimum absolute atomic E-state index is 0.0223. The predicted octanol–water partition coefficient (Wildman–Crippen LogP) is 4.14. The highest BCUT2D eigenvalue weighted by Gasteiger charge is 2.27. The first-order chi connectivity index (χ1) is 15.3. The minimum Gasteiger partial charge on any atom is -0.481 e. The molecule has 0 fully saturated rings. The Kier molecular flexibility index (Phi) is 6.21. The molecule has 8 heteroatoms. The quantitative estimate of drug-likeness (QED) is 0.598. The number of aliphatic carboxylic acids is 1. The fraction of sp³-hybridized carbons (Fsp3) is 0.375. The third-order valence-electron chi connectivity index (χ3n) is 6.16. The van der Waals surface area contributed by atoms with Crippen LogP contribution in [0.2, 0.25) is 0 Å². The number of carboxylic acids is 1. The highest BCUT2D eigenvalue weighted by molar-refractivity contribution is 5.84. The lowest BCUT2D eigenvalue weighted by molar-refractivity contribution is -0.141. The molecule has 6 nitrogen and oxygen atoms in total. The second kappa shape index (κ2) is 9.06. The van der Waals surface area contributed by atoms with E-state index in [2.05, 4.69) is 4.98 Å². The SMILES string of the molecule is CC(CCCC(=O)N1CCc2c(n(Cc3ccc(F)cc3F)c3ncccc23)C1)C(=O)O. The zero-order valence-corrected chi connectivity index (χ0v) is 17.9. The second-order valence-corrected chi connectivity index (χ2v) is 8.32. The summed E-state index contributed by atoms with van der Waals surface area (Å²) in [5.74, 6) is -2.60. The number of carboxylic acid groups (broad SMARTS) is 1. The van der Waals surface area contributed by atoms with Crippen LogP contribution in [0.15, 0.2) is 36.5 Å². The summed E-state index contributed by atoms with van der Waals surface area (Å²) in [6, 6.07) is 7.37. The van der Waals surface area contributed by atoms with Crippen molar-refractivity contribution in [2.75, 3.05) is 6.54 Å². The van der Waals surface area contributed by atoms with Crippen LogP contribution in [0.25, 0.3) is 11.0 Å². The Labute approximate surface area is 184 Å². The lowest BCUT2D eigenvalue weighted by atomic mass is 10.0. The number of amides is 1. The van der Waals surface area contributed by atoms with Crippen molar-refractivity contribution in [3.8, 4) is 0 Å². The molecule has 2 aromatic heterocycles. The van der Waals surface area contributed by atoms with E-state index in [0.29, 0.717) is 43.6 Å². The van der Waals surface area contributed by atoms with Crippen LogP contribution >= 0.6 is 0 Å². The molecule has 0 bridgehead atoms. The van der Waals surface area contributed by atoms with Gasteiger partial charge >= 0.3 is 5.97 Å². The Morgan fingerprint density at radius 2 is 2.06 bits per heavy atom. The molecule has 1 amide bonds. The molecule has 0 spiro atoms. The van der Waals surface area contributed by atoms with E-state index in [1.807, 2.05) is 16.7 Å². The Bertz CT molecular complexity index is 1170. The zero-order valence-electron chi connectivity index (χ0n) is 17.9. The van der Waals surface area contributed by atoms with Crippen molar-refractivity contribution >= 4 is 22.9 Å². The summed E-state index contributed by atoms with van der Waals surface area (Å²) in [6.07, 6.45) is 3.60. The van der Waals surface area contributed by atoms with Gasteiger partial charge in [-0.15, -0.1) is 0 Å². The van der Waals surface area contributed by atoms with E-state index in [9.17, 15) is 18.4 Å². The van der Waals surface area contributed by atoms with Crippen molar-refractivity contribution < 1.29 is 23.5 Å². The van der Waals surface area contributed by atoms with E-state index in [-0.39, 0.29) is 18.9 Å². The van der Waals surface area contributed by atoms with Gasteiger partial charge in [-0.05, 0) is 43.0 Å². The van der Waals surface area contributed by atoms with Gasteiger partial charge in [0.25, 0.3) is 0 Å². The fourth-order valence-corrected chi connectivity index (χ4v) is 4.30. The average molecular weight is 441 g/mol. The number of rotatable bonds is 7. The summed E-state index contributed by atoms with van der Waals surface area (Å²) >= 11 is 0. The van der Waals surface area contributed by atoms with Gasteiger partial charge in [-0.3, -0.25) is 9.59 Å². The van der Waals surface area contributed by atoms with Crippen LogP contribution < -0.4 is 0 Å². The molecule has 32 heavy (non-hydrogen) atoms. The van der Waals surface area contributed by atoms with Crippen molar-refractivity contribution in [3.63, 3.8) is 0 Å². The summed E-state index contributed by atoms with van der Waals surface area (Å²) < 4.78 is 29.6. The number of nitrogens with zero attached hydrogens (tertiary/aromatic N) is 3. The second-order valence-electron chi connectivity index (χ2n) is 8.32. The molecule has 1 aromatic carbocycles. The number of carbonyl (C=O) groups is 2. The Morgan fingerprint density at radius 1 is 1.25 bits per heavy atom. The van der Waals surface area contributed by atoms with Crippen LogP contribution in [-0.2, 0) is 29.1 Å². The molecule has 1 unspecified atom stereocenters. The van der Waals surface area contributed by atoms with Crippen LogP contribution in [0, 0.1) is 17.6 Å². The fourth-order valence-electron chi connectivity index (χ4n) is 4.30. The number of benzene rings is 1. The third-order valence-corrected chi connectivity index (χ3v) is 6.16. The standard InChI is InChI=1S/C24H25F2N3O3/c1-15(24(31)32)4-2-6-22(30)28-11-9-18-19-5-3-10-27-23(19)29(21(18)14-28)13-16-7-8-17(25)12-20(16)26/h3,5,7-8,10,12,15H,2,4,6,9,11,13-14H2,1H3,(H,31,32). The van der Waals surface area contributed by atoms with E-state index in [4.69, 9.17) is 5.11 Å². The highest BCUT2D eigenvalue weighted by atomic mass is 19.1. The molecule has 1 aliphatic rings. The van der Waals surface area contributed by atoms with Crippen LogP contribution in [0.1, 0.15) is 43.0 Å². The largest absolute Gasteiger partial charge is 0.481 e.